The van der Waals surface area contributed by atoms with Crippen LogP contribution in [0.4, 0.5) is 15.9 Å². The summed E-state index contributed by atoms with van der Waals surface area (Å²) in [5, 5.41) is 5.05. The van der Waals surface area contributed by atoms with Crippen molar-refractivity contribution in [1.29, 1.82) is 0 Å². The molecule has 1 saturated heterocycles. The third-order valence-corrected chi connectivity index (χ3v) is 6.41. The van der Waals surface area contributed by atoms with Crippen molar-refractivity contribution < 1.29 is 18.7 Å². The number of rotatable bonds is 2. The molecule has 2 aromatic rings. The maximum Gasteiger partial charge on any atom is 0.219 e. The number of hydrogen-bond donors (Lipinski definition) is 0. The fourth-order valence-electron chi connectivity index (χ4n) is 4.70. The van der Waals surface area contributed by atoms with Gasteiger partial charge in [-0.05, 0) is 31.4 Å². The van der Waals surface area contributed by atoms with E-state index >= 15 is 0 Å². The molecule has 0 spiro atoms. The van der Waals surface area contributed by atoms with Crippen LogP contribution in [-0.2, 0) is 22.5 Å². The molecule has 3 aliphatic rings. The van der Waals surface area contributed by atoms with Crippen LogP contribution in [0.2, 0.25) is 0 Å². The number of anilines is 2. The van der Waals surface area contributed by atoms with Crippen LogP contribution in [0.25, 0.3) is 0 Å². The van der Waals surface area contributed by atoms with Gasteiger partial charge in [-0.25, -0.2) is 4.39 Å². The van der Waals surface area contributed by atoms with Crippen molar-refractivity contribution in [3.05, 3.63) is 34.8 Å². The topological polar surface area (TPSA) is 59.8 Å². The molecule has 5 rings (SSSR count). The predicted molar refractivity (Wildman–Crippen MR) is 110 cm³/mol. The third kappa shape index (κ3) is 3.23. The van der Waals surface area contributed by atoms with E-state index in [1.165, 1.54) is 11.8 Å². The van der Waals surface area contributed by atoms with Gasteiger partial charge >= 0.3 is 0 Å². The zero-order chi connectivity index (χ0) is 20.8. The number of carbonyl (C=O) groups is 1. The fourth-order valence-corrected chi connectivity index (χ4v) is 4.70. The predicted octanol–water partition coefficient (Wildman–Crippen LogP) is 3.12. The van der Waals surface area contributed by atoms with Crippen LogP contribution in [-0.4, -0.2) is 53.5 Å². The van der Waals surface area contributed by atoms with E-state index in [1.807, 2.05) is 4.90 Å². The minimum absolute atomic E-state index is 0.0643. The molecule has 1 aromatic carbocycles. The van der Waals surface area contributed by atoms with E-state index in [-0.39, 0.29) is 11.7 Å². The van der Waals surface area contributed by atoms with Crippen LogP contribution in [0.5, 0.6) is 5.75 Å². The second-order valence-corrected chi connectivity index (χ2v) is 8.30. The van der Waals surface area contributed by atoms with Crippen molar-refractivity contribution in [2.75, 3.05) is 37.8 Å². The third-order valence-electron chi connectivity index (χ3n) is 6.41. The highest BCUT2D eigenvalue weighted by molar-refractivity contribution is 5.75. The average Bonchev–Trinajstić information content (AvgIpc) is 3.13. The Hall–Kier alpha value is -2.61. The van der Waals surface area contributed by atoms with Crippen molar-refractivity contribution in [2.24, 2.45) is 0 Å². The fraction of sp³-hybridized carbons (Fsp3) is 0.545. The zero-order valence-electron chi connectivity index (χ0n) is 17.5. The number of benzene rings is 1. The summed E-state index contributed by atoms with van der Waals surface area (Å²) in [4.78, 5) is 16.0. The molecular formula is C22H27FN4O3. The largest absolute Gasteiger partial charge is 0.490 e. The zero-order valence-corrected chi connectivity index (χ0v) is 17.5. The van der Waals surface area contributed by atoms with Gasteiger partial charge in [-0.15, -0.1) is 0 Å². The van der Waals surface area contributed by atoms with E-state index < -0.39 is 0 Å². The summed E-state index contributed by atoms with van der Waals surface area (Å²) >= 11 is 0. The summed E-state index contributed by atoms with van der Waals surface area (Å²) in [5.74, 6) is 1.30. The van der Waals surface area contributed by atoms with E-state index in [2.05, 4.69) is 9.58 Å². The Kier molecular flexibility index (Phi) is 4.89. The second-order valence-electron chi connectivity index (χ2n) is 8.30. The van der Waals surface area contributed by atoms with Crippen LogP contribution in [0.1, 0.15) is 42.6 Å². The van der Waals surface area contributed by atoms with Gasteiger partial charge in [0.2, 0.25) is 5.91 Å². The van der Waals surface area contributed by atoms with Crippen LogP contribution in [0, 0.1) is 12.7 Å². The highest BCUT2D eigenvalue weighted by Gasteiger charge is 2.33. The van der Waals surface area contributed by atoms with Gasteiger partial charge in [-0.2, -0.15) is 5.10 Å². The maximum absolute atomic E-state index is 14.4. The Morgan fingerprint density at radius 3 is 2.77 bits per heavy atom. The molecule has 0 bridgehead atoms. The molecule has 0 N–H and O–H groups in total. The summed E-state index contributed by atoms with van der Waals surface area (Å²) < 4.78 is 27.9. The lowest BCUT2D eigenvalue weighted by Gasteiger charge is -2.32. The molecule has 0 aliphatic carbocycles. The Labute approximate surface area is 175 Å². The lowest BCUT2D eigenvalue weighted by molar-refractivity contribution is -0.129. The lowest BCUT2D eigenvalue weighted by Crippen LogP contribution is -2.36. The molecule has 0 saturated carbocycles. The number of ether oxygens (including phenoxy) is 2. The molecule has 1 aromatic heterocycles. The van der Waals surface area contributed by atoms with Gasteiger partial charge in [0.15, 0.2) is 5.82 Å². The molecule has 0 atom stereocenters. The number of nitrogens with zero attached hydrogens (tertiary/aromatic N) is 4. The molecule has 8 heteroatoms. The summed E-state index contributed by atoms with van der Waals surface area (Å²) in [5.41, 5.74) is 3.52. The number of halogens is 1. The average molecular weight is 414 g/mol. The molecule has 30 heavy (non-hydrogen) atoms. The monoisotopic (exact) mass is 414 g/mol. The number of amides is 1. The van der Waals surface area contributed by atoms with E-state index in [0.29, 0.717) is 49.3 Å². The van der Waals surface area contributed by atoms with E-state index in [9.17, 15) is 9.18 Å². The molecular weight excluding hydrogens is 387 g/mol. The number of hydrogen-bond acceptors (Lipinski definition) is 5. The summed E-state index contributed by atoms with van der Waals surface area (Å²) in [6, 6.07) is 3.58. The Morgan fingerprint density at radius 1 is 1.20 bits per heavy atom. The number of fused-ring (bicyclic) bond motifs is 2. The summed E-state index contributed by atoms with van der Waals surface area (Å²) in [6.07, 6.45) is 2.63. The SMILES string of the molecule is CC(=O)N1CCc2c(c(N3CCOc4cc(C)c(F)cc43)nn2C2CCOCC2)C1. The van der Waals surface area contributed by atoms with Gasteiger partial charge in [0, 0.05) is 50.4 Å². The van der Waals surface area contributed by atoms with E-state index in [0.717, 1.165) is 43.9 Å². The molecule has 0 unspecified atom stereocenters. The lowest BCUT2D eigenvalue weighted by atomic mass is 10.0. The van der Waals surface area contributed by atoms with Gasteiger partial charge in [0.05, 0.1) is 24.8 Å². The quantitative estimate of drug-likeness (QED) is 0.756. The van der Waals surface area contributed by atoms with Crippen molar-refractivity contribution in [1.82, 2.24) is 14.7 Å². The van der Waals surface area contributed by atoms with Crippen LogP contribution in [0.3, 0.4) is 0 Å². The molecule has 1 amide bonds. The van der Waals surface area contributed by atoms with Gasteiger partial charge in [-0.1, -0.05) is 0 Å². The Bertz CT molecular complexity index is 983. The first kappa shape index (κ1) is 19.4. The number of aryl methyl sites for hydroxylation is 1. The maximum atomic E-state index is 14.4. The van der Waals surface area contributed by atoms with Crippen LogP contribution in [0.15, 0.2) is 12.1 Å². The highest BCUT2D eigenvalue weighted by Crippen LogP contribution is 2.41. The smallest absolute Gasteiger partial charge is 0.219 e. The van der Waals surface area contributed by atoms with Crippen molar-refractivity contribution in [3.63, 3.8) is 0 Å². The highest BCUT2D eigenvalue weighted by atomic mass is 19.1. The van der Waals surface area contributed by atoms with Crippen molar-refractivity contribution in [2.45, 2.75) is 45.7 Å². The normalized spacial score (nSPS) is 19.3. The minimum atomic E-state index is -0.257. The number of carbonyl (C=O) groups excluding carboxylic acids is 1. The van der Waals surface area contributed by atoms with Gasteiger partial charge in [0.25, 0.3) is 0 Å². The second kappa shape index (κ2) is 7.58. The van der Waals surface area contributed by atoms with E-state index in [4.69, 9.17) is 14.6 Å². The first-order valence-corrected chi connectivity index (χ1v) is 10.7. The molecule has 7 nitrogen and oxygen atoms in total. The molecule has 4 heterocycles. The van der Waals surface area contributed by atoms with Gasteiger partial charge in [-0.3, -0.25) is 9.48 Å². The molecule has 3 aliphatic heterocycles. The Morgan fingerprint density at radius 2 is 2.00 bits per heavy atom. The standard InChI is InChI=1S/C22H27FN4O3/c1-14-11-21-20(12-18(14)23)26(7-10-30-21)22-17-13-25(15(2)28)6-3-19(17)27(24-22)16-4-8-29-9-5-16/h11-12,16H,3-10,13H2,1-2H3. The van der Waals surface area contributed by atoms with E-state index in [1.54, 1.807) is 19.9 Å². The van der Waals surface area contributed by atoms with Gasteiger partial charge < -0.3 is 19.3 Å². The first-order valence-electron chi connectivity index (χ1n) is 10.7. The van der Waals surface area contributed by atoms with Crippen molar-refractivity contribution in [3.8, 4) is 5.75 Å². The molecule has 1 fully saturated rings. The van der Waals surface area contributed by atoms with Crippen molar-refractivity contribution >= 4 is 17.4 Å². The minimum Gasteiger partial charge on any atom is -0.490 e. The Balaban J connectivity index is 1.61. The summed E-state index contributed by atoms with van der Waals surface area (Å²) in [7, 11) is 0. The number of aromatic nitrogens is 2. The molecule has 160 valence electrons. The van der Waals surface area contributed by atoms with Crippen LogP contribution < -0.4 is 9.64 Å². The van der Waals surface area contributed by atoms with Gasteiger partial charge in [0.1, 0.15) is 18.2 Å². The first-order chi connectivity index (χ1) is 14.5. The summed E-state index contributed by atoms with van der Waals surface area (Å²) in [6.45, 7) is 7.15. The molecule has 0 radical (unpaired) electrons. The van der Waals surface area contributed by atoms with Crippen LogP contribution >= 0.6 is 0 Å².